The van der Waals surface area contributed by atoms with Gasteiger partial charge in [-0.25, -0.2) is 4.98 Å². The topological polar surface area (TPSA) is 54.7 Å². The first kappa shape index (κ1) is 11.4. The molecule has 0 saturated heterocycles. The third-order valence-electron chi connectivity index (χ3n) is 2.60. The summed E-state index contributed by atoms with van der Waals surface area (Å²) in [7, 11) is 0. The van der Waals surface area contributed by atoms with Crippen LogP contribution < -0.4 is 5.73 Å². The zero-order valence-electron chi connectivity index (χ0n) is 9.49. The molecule has 3 N–H and O–H groups in total. The van der Waals surface area contributed by atoms with Crippen LogP contribution in [0.2, 0.25) is 0 Å². The molecule has 2 rings (SSSR count). The maximum Gasteiger partial charge on any atom is 0.106 e. The number of imidazole rings is 1. The average molecular weight is 235 g/mol. The highest BCUT2D eigenvalue weighted by atomic mass is 32.1. The third kappa shape index (κ3) is 2.51. The van der Waals surface area contributed by atoms with Gasteiger partial charge in [-0.1, -0.05) is 0 Å². The van der Waals surface area contributed by atoms with E-state index in [4.69, 9.17) is 5.73 Å². The van der Waals surface area contributed by atoms with Crippen LogP contribution in [0, 0.1) is 6.92 Å². The van der Waals surface area contributed by atoms with Crippen molar-refractivity contribution in [2.75, 3.05) is 6.54 Å². The number of hydrogen-bond acceptors (Lipinski definition) is 3. The van der Waals surface area contributed by atoms with Gasteiger partial charge in [0.1, 0.15) is 5.82 Å². The summed E-state index contributed by atoms with van der Waals surface area (Å²) >= 11 is 1.75. The molecule has 0 atom stereocenters. The molecule has 0 spiro atoms. The lowest BCUT2D eigenvalue weighted by Crippen LogP contribution is -1.99. The highest BCUT2D eigenvalue weighted by molar-refractivity contribution is 7.13. The largest absolute Gasteiger partial charge is 0.341 e. The number of aromatic amines is 1. The van der Waals surface area contributed by atoms with E-state index in [1.807, 2.05) is 6.20 Å². The van der Waals surface area contributed by atoms with Gasteiger partial charge < -0.3 is 10.7 Å². The molecule has 0 unspecified atom stereocenters. The summed E-state index contributed by atoms with van der Waals surface area (Å²) in [5.74, 6) is 1.07. The quantitative estimate of drug-likeness (QED) is 0.783. The number of thiophene rings is 1. The number of hydrogen-bond donors (Lipinski definition) is 2. The molecule has 0 aliphatic rings. The Balaban J connectivity index is 2.05. The molecule has 0 bridgehead atoms. The van der Waals surface area contributed by atoms with Gasteiger partial charge in [0.25, 0.3) is 0 Å². The molecular formula is C12H17N3S. The van der Waals surface area contributed by atoms with Crippen LogP contribution >= 0.6 is 11.3 Å². The van der Waals surface area contributed by atoms with Crippen molar-refractivity contribution in [1.29, 1.82) is 0 Å². The lowest BCUT2D eigenvalue weighted by atomic mass is 10.2. The van der Waals surface area contributed by atoms with E-state index in [2.05, 4.69) is 28.3 Å². The van der Waals surface area contributed by atoms with Crippen molar-refractivity contribution in [1.82, 2.24) is 9.97 Å². The molecule has 0 radical (unpaired) electrons. The van der Waals surface area contributed by atoms with Gasteiger partial charge in [-0.2, -0.15) is 0 Å². The molecule has 0 saturated carbocycles. The Morgan fingerprint density at radius 3 is 3.00 bits per heavy atom. The lowest BCUT2D eigenvalue weighted by Gasteiger charge is -1.96. The van der Waals surface area contributed by atoms with Gasteiger partial charge in [-0.05, 0) is 43.3 Å². The van der Waals surface area contributed by atoms with E-state index in [0.29, 0.717) is 0 Å². The molecule has 2 aromatic rings. The Labute approximate surface area is 99.7 Å². The van der Waals surface area contributed by atoms with Crippen LogP contribution in [0.3, 0.4) is 0 Å². The summed E-state index contributed by atoms with van der Waals surface area (Å²) in [5, 5.41) is 2.11. The predicted octanol–water partition coefficient (Wildman–Crippen LogP) is 2.73. The van der Waals surface area contributed by atoms with Gasteiger partial charge in [-0.15, -0.1) is 11.3 Å². The number of nitrogens with two attached hydrogens (primary N) is 1. The molecule has 0 aliphatic heterocycles. The van der Waals surface area contributed by atoms with Crippen molar-refractivity contribution < 1.29 is 0 Å². The molecule has 0 aliphatic carbocycles. The van der Waals surface area contributed by atoms with E-state index < -0.39 is 0 Å². The van der Waals surface area contributed by atoms with E-state index in [9.17, 15) is 0 Å². The minimum absolute atomic E-state index is 0.762. The standard InChI is InChI=1S/C12H17N3S/c1-9-5-7-16-12(9)10-8-14-11(15-10)4-2-3-6-13/h5,7-8H,2-4,6,13H2,1H3,(H,14,15). The first-order chi connectivity index (χ1) is 7.81. The smallest absolute Gasteiger partial charge is 0.106 e. The highest BCUT2D eigenvalue weighted by Gasteiger charge is 2.06. The fourth-order valence-corrected chi connectivity index (χ4v) is 2.58. The van der Waals surface area contributed by atoms with Crippen LogP contribution in [0.1, 0.15) is 24.2 Å². The van der Waals surface area contributed by atoms with Gasteiger partial charge in [0.05, 0.1) is 16.8 Å². The fraction of sp³-hybridized carbons (Fsp3) is 0.417. The maximum atomic E-state index is 5.47. The maximum absolute atomic E-state index is 5.47. The minimum atomic E-state index is 0.762. The van der Waals surface area contributed by atoms with Gasteiger partial charge in [0, 0.05) is 6.42 Å². The summed E-state index contributed by atoms with van der Waals surface area (Å²) in [6.07, 6.45) is 5.08. The normalized spacial score (nSPS) is 10.9. The minimum Gasteiger partial charge on any atom is -0.341 e. The van der Waals surface area contributed by atoms with E-state index in [-0.39, 0.29) is 0 Å². The Morgan fingerprint density at radius 1 is 1.44 bits per heavy atom. The Hall–Kier alpha value is -1.13. The van der Waals surface area contributed by atoms with Crippen molar-refractivity contribution in [2.45, 2.75) is 26.2 Å². The second-order valence-corrected chi connectivity index (χ2v) is 4.84. The first-order valence-corrected chi connectivity index (χ1v) is 6.47. The molecule has 3 nitrogen and oxygen atoms in total. The zero-order chi connectivity index (χ0) is 11.4. The van der Waals surface area contributed by atoms with Crippen LogP contribution in [0.4, 0.5) is 0 Å². The van der Waals surface area contributed by atoms with Crippen molar-refractivity contribution in [3.05, 3.63) is 29.0 Å². The zero-order valence-corrected chi connectivity index (χ0v) is 10.3. The van der Waals surface area contributed by atoms with Crippen molar-refractivity contribution in [3.63, 3.8) is 0 Å². The monoisotopic (exact) mass is 235 g/mol. The van der Waals surface area contributed by atoms with Gasteiger partial charge in [-0.3, -0.25) is 0 Å². The van der Waals surface area contributed by atoms with E-state index in [0.717, 1.165) is 37.3 Å². The Bertz CT molecular complexity index is 445. The summed E-state index contributed by atoms with van der Waals surface area (Å²) in [5.41, 5.74) is 7.91. The van der Waals surface area contributed by atoms with Gasteiger partial charge >= 0.3 is 0 Å². The lowest BCUT2D eigenvalue weighted by molar-refractivity contribution is 0.723. The van der Waals surface area contributed by atoms with Crippen LogP contribution in [0.5, 0.6) is 0 Å². The number of aromatic nitrogens is 2. The second kappa shape index (κ2) is 5.27. The predicted molar refractivity (Wildman–Crippen MR) is 68.6 cm³/mol. The van der Waals surface area contributed by atoms with Crippen molar-refractivity contribution in [3.8, 4) is 10.6 Å². The summed E-state index contributed by atoms with van der Waals surface area (Å²) in [6.45, 7) is 2.89. The van der Waals surface area contributed by atoms with E-state index in [1.165, 1.54) is 10.4 Å². The average Bonchev–Trinajstić information content (AvgIpc) is 2.87. The summed E-state index contributed by atoms with van der Waals surface area (Å²) in [6, 6.07) is 2.13. The summed E-state index contributed by atoms with van der Waals surface area (Å²) < 4.78 is 0. The molecule has 86 valence electrons. The number of nitrogens with zero attached hydrogens (tertiary/aromatic N) is 1. The molecule has 2 aromatic heterocycles. The van der Waals surface area contributed by atoms with Crippen LogP contribution in [0.15, 0.2) is 17.6 Å². The van der Waals surface area contributed by atoms with Crippen LogP contribution in [0.25, 0.3) is 10.6 Å². The summed E-state index contributed by atoms with van der Waals surface area (Å²) in [4.78, 5) is 9.06. The molecule has 16 heavy (non-hydrogen) atoms. The van der Waals surface area contributed by atoms with Crippen LogP contribution in [-0.2, 0) is 6.42 Å². The van der Waals surface area contributed by atoms with Gasteiger partial charge in [0.2, 0.25) is 0 Å². The number of rotatable bonds is 5. The second-order valence-electron chi connectivity index (χ2n) is 3.92. The fourth-order valence-electron chi connectivity index (χ4n) is 1.69. The SMILES string of the molecule is Cc1ccsc1-c1cnc(CCCCN)[nH]1. The van der Waals surface area contributed by atoms with E-state index >= 15 is 0 Å². The Morgan fingerprint density at radius 2 is 2.31 bits per heavy atom. The van der Waals surface area contributed by atoms with Crippen molar-refractivity contribution >= 4 is 11.3 Å². The molecular weight excluding hydrogens is 218 g/mol. The molecule has 0 fully saturated rings. The highest BCUT2D eigenvalue weighted by Crippen LogP contribution is 2.27. The van der Waals surface area contributed by atoms with Crippen molar-refractivity contribution in [2.24, 2.45) is 5.73 Å². The molecule has 0 amide bonds. The first-order valence-electron chi connectivity index (χ1n) is 5.59. The van der Waals surface area contributed by atoms with E-state index in [1.54, 1.807) is 11.3 Å². The number of H-pyrrole nitrogens is 1. The van der Waals surface area contributed by atoms with Gasteiger partial charge in [0.15, 0.2) is 0 Å². The third-order valence-corrected chi connectivity index (χ3v) is 3.65. The number of aryl methyl sites for hydroxylation is 2. The molecule has 4 heteroatoms. The molecule has 0 aromatic carbocycles. The molecule has 2 heterocycles. The number of nitrogens with one attached hydrogen (secondary N) is 1. The number of unbranched alkanes of at least 4 members (excludes halogenated alkanes) is 1. The van der Waals surface area contributed by atoms with Crippen LogP contribution in [-0.4, -0.2) is 16.5 Å². The Kier molecular flexibility index (Phi) is 3.74.